The van der Waals surface area contributed by atoms with Crippen molar-refractivity contribution in [3.8, 4) is 0 Å². The van der Waals surface area contributed by atoms with Crippen molar-refractivity contribution in [2.24, 2.45) is 5.41 Å². The van der Waals surface area contributed by atoms with Gasteiger partial charge in [-0.15, -0.1) is 0 Å². The summed E-state index contributed by atoms with van der Waals surface area (Å²) >= 11 is 0. The number of anilines is 1. The van der Waals surface area contributed by atoms with Gasteiger partial charge in [0.05, 0.1) is 0 Å². The second kappa shape index (κ2) is 5.55. The Morgan fingerprint density at radius 1 is 1.33 bits per heavy atom. The smallest absolute Gasteiger partial charge is 0.129 e. The molecule has 0 spiro atoms. The normalized spacial score (nSPS) is 17.3. The van der Waals surface area contributed by atoms with Crippen LogP contribution in [0, 0.1) is 5.41 Å². The molecule has 2 rings (SSSR count). The molecule has 0 amide bonds. The predicted molar refractivity (Wildman–Crippen MR) is 78.8 cm³/mol. The van der Waals surface area contributed by atoms with Crippen LogP contribution in [0.1, 0.15) is 45.1 Å². The molecule has 98 valence electrons. The van der Waals surface area contributed by atoms with Crippen molar-refractivity contribution in [1.29, 1.82) is 0 Å². The van der Waals surface area contributed by atoms with Crippen molar-refractivity contribution in [3.05, 3.63) is 30.5 Å². The Kier molecular flexibility index (Phi) is 4.05. The van der Waals surface area contributed by atoms with Gasteiger partial charge < -0.3 is 4.90 Å². The van der Waals surface area contributed by atoms with E-state index >= 15 is 0 Å². The van der Waals surface area contributed by atoms with E-state index in [1.807, 2.05) is 18.3 Å². The third-order valence-electron chi connectivity index (χ3n) is 3.94. The van der Waals surface area contributed by atoms with Crippen LogP contribution in [0.5, 0.6) is 0 Å². The highest BCUT2D eigenvalue weighted by Gasteiger charge is 2.41. The molecule has 0 aliphatic carbocycles. The quantitative estimate of drug-likeness (QED) is 0.748. The molecular formula is C16H24N2. The predicted octanol–water partition coefficient (Wildman–Crippen LogP) is 4.13. The van der Waals surface area contributed by atoms with E-state index < -0.39 is 0 Å². The number of pyridine rings is 1. The Labute approximate surface area is 111 Å². The van der Waals surface area contributed by atoms with Crippen LogP contribution >= 0.6 is 0 Å². The van der Waals surface area contributed by atoms with Crippen molar-refractivity contribution in [2.45, 2.75) is 39.5 Å². The van der Waals surface area contributed by atoms with Gasteiger partial charge in [-0.1, -0.05) is 39.3 Å². The monoisotopic (exact) mass is 244 g/mol. The summed E-state index contributed by atoms with van der Waals surface area (Å²) in [6.45, 7) is 10.7. The lowest BCUT2D eigenvalue weighted by molar-refractivity contribution is 0.172. The summed E-state index contributed by atoms with van der Waals surface area (Å²) in [7, 11) is 0. The summed E-state index contributed by atoms with van der Waals surface area (Å²) < 4.78 is 0. The number of rotatable bonds is 6. The average molecular weight is 244 g/mol. The second-order valence-corrected chi connectivity index (χ2v) is 5.51. The van der Waals surface area contributed by atoms with Crippen LogP contribution in [-0.2, 0) is 0 Å². The van der Waals surface area contributed by atoms with Gasteiger partial charge in [-0.25, -0.2) is 4.98 Å². The summed E-state index contributed by atoms with van der Waals surface area (Å²) in [6, 6.07) is 4.14. The minimum atomic E-state index is 0.551. The molecule has 0 atom stereocenters. The van der Waals surface area contributed by atoms with Crippen LogP contribution in [0.4, 0.5) is 5.82 Å². The SMILES string of the molecule is C=Cc1ccnc(N2CC(CCC)(CCC)C2)c1. The van der Waals surface area contributed by atoms with E-state index in [2.05, 4.69) is 36.4 Å². The van der Waals surface area contributed by atoms with E-state index in [1.165, 1.54) is 38.8 Å². The summed E-state index contributed by atoms with van der Waals surface area (Å²) in [5, 5.41) is 0. The molecule has 0 N–H and O–H groups in total. The van der Waals surface area contributed by atoms with Crippen molar-refractivity contribution in [2.75, 3.05) is 18.0 Å². The number of aromatic nitrogens is 1. The molecule has 2 heterocycles. The van der Waals surface area contributed by atoms with Gasteiger partial charge in [0.1, 0.15) is 5.82 Å². The number of nitrogens with zero attached hydrogens (tertiary/aromatic N) is 2. The van der Waals surface area contributed by atoms with Crippen LogP contribution in [0.3, 0.4) is 0 Å². The Bertz CT molecular complexity index is 397. The molecule has 1 aromatic heterocycles. The van der Waals surface area contributed by atoms with Crippen molar-refractivity contribution in [3.63, 3.8) is 0 Å². The maximum Gasteiger partial charge on any atom is 0.129 e. The third kappa shape index (κ3) is 2.58. The largest absolute Gasteiger partial charge is 0.355 e. The van der Waals surface area contributed by atoms with Crippen LogP contribution in [0.15, 0.2) is 24.9 Å². The van der Waals surface area contributed by atoms with Gasteiger partial charge in [-0.05, 0) is 30.5 Å². The average Bonchev–Trinajstić information content (AvgIpc) is 2.35. The van der Waals surface area contributed by atoms with Crippen molar-refractivity contribution < 1.29 is 0 Å². The molecule has 2 nitrogen and oxygen atoms in total. The zero-order valence-corrected chi connectivity index (χ0v) is 11.7. The van der Waals surface area contributed by atoms with Crippen LogP contribution < -0.4 is 4.90 Å². The lowest BCUT2D eigenvalue weighted by Gasteiger charge is -2.51. The number of hydrogen-bond acceptors (Lipinski definition) is 2. The van der Waals surface area contributed by atoms with Gasteiger partial charge in [0.25, 0.3) is 0 Å². The highest BCUT2D eigenvalue weighted by molar-refractivity contribution is 5.54. The van der Waals surface area contributed by atoms with E-state index in [4.69, 9.17) is 0 Å². The summed E-state index contributed by atoms with van der Waals surface area (Å²) in [6.07, 6.45) is 9.03. The van der Waals surface area contributed by atoms with E-state index in [0.29, 0.717) is 5.41 Å². The zero-order valence-electron chi connectivity index (χ0n) is 11.7. The molecular weight excluding hydrogens is 220 g/mol. The first-order valence-corrected chi connectivity index (χ1v) is 7.06. The molecule has 2 heteroatoms. The van der Waals surface area contributed by atoms with E-state index in [9.17, 15) is 0 Å². The molecule has 0 unspecified atom stereocenters. The highest BCUT2D eigenvalue weighted by Crippen LogP contribution is 2.41. The molecule has 0 bridgehead atoms. The maximum atomic E-state index is 4.47. The Morgan fingerprint density at radius 2 is 2.00 bits per heavy atom. The Hall–Kier alpha value is -1.31. The first-order valence-electron chi connectivity index (χ1n) is 7.06. The fourth-order valence-electron chi connectivity index (χ4n) is 3.16. The van der Waals surface area contributed by atoms with Crippen molar-refractivity contribution >= 4 is 11.9 Å². The van der Waals surface area contributed by atoms with Crippen LogP contribution in [0.25, 0.3) is 6.08 Å². The van der Waals surface area contributed by atoms with E-state index in [1.54, 1.807) is 0 Å². The minimum Gasteiger partial charge on any atom is -0.355 e. The molecule has 1 saturated heterocycles. The van der Waals surface area contributed by atoms with E-state index in [0.717, 1.165) is 11.4 Å². The molecule has 1 fully saturated rings. The first-order chi connectivity index (χ1) is 8.73. The summed E-state index contributed by atoms with van der Waals surface area (Å²) in [4.78, 5) is 6.87. The highest BCUT2D eigenvalue weighted by atomic mass is 15.3. The molecule has 0 radical (unpaired) electrons. The lowest BCUT2D eigenvalue weighted by atomic mass is 9.72. The topological polar surface area (TPSA) is 16.1 Å². The molecule has 1 aromatic rings. The molecule has 0 saturated carbocycles. The molecule has 1 aliphatic rings. The Balaban J connectivity index is 2.03. The standard InChI is InChI=1S/C16H24N2/c1-4-8-16(9-5-2)12-18(13-16)15-11-14(6-3)7-10-17-15/h6-7,10-11H,3-5,8-9,12-13H2,1-2H3. The van der Waals surface area contributed by atoms with Gasteiger partial charge in [-0.2, -0.15) is 0 Å². The van der Waals surface area contributed by atoms with Gasteiger partial charge in [0.15, 0.2) is 0 Å². The van der Waals surface area contributed by atoms with Crippen LogP contribution in [-0.4, -0.2) is 18.1 Å². The first kappa shape index (κ1) is 13.1. The fourth-order valence-corrected chi connectivity index (χ4v) is 3.16. The summed E-state index contributed by atoms with van der Waals surface area (Å²) in [5.41, 5.74) is 1.71. The fraction of sp³-hybridized carbons (Fsp3) is 0.562. The number of hydrogen-bond donors (Lipinski definition) is 0. The van der Waals surface area contributed by atoms with Gasteiger partial charge in [0.2, 0.25) is 0 Å². The molecule has 18 heavy (non-hydrogen) atoms. The zero-order chi connectivity index (χ0) is 13.0. The Morgan fingerprint density at radius 3 is 2.56 bits per heavy atom. The lowest BCUT2D eigenvalue weighted by Crippen LogP contribution is -2.56. The second-order valence-electron chi connectivity index (χ2n) is 5.51. The minimum absolute atomic E-state index is 0.551. The van der Waals surface area contributed by atoms with Gasteiger partial charge in [-0.3, -0.25) is 0 Å². The van der Waals surface area contributed by atoms with Crippen LogP contribution in [0.2, 0.25) is 0 Å². The van der Waals surface area contributed by atoms with Gasteiger partial charge in [0, 0.05) is 24.7 Å². The summed E-state index contributed by atoms with van der Waals surface area (Å²) in [5.74, 6) is 1.11. The molecule has 0 aromatic carbocycles. The maximum absolute atomic E-state index is 4.47. The van der Waals surface area contributed by atoms with Crippen molar-refractivity contribution in [1.82, 2.24) is 4.98 Å². The third-order valence-corrected chi connectivity index (χ3v) is 3.94. The van der Waals surface area contributed by atoms with Gasteiger partial charge >= 0.3 is 0 Å². The molecule has 1 aliphatic heterocycles. The van der Waals surface area contributed by atoms with E-state index in [-0.39, 0.29) is 0 Å².